The van der Waals surface area contributed by atoms with Crippen molar-refractivity contribution in [3.05, 3.63) is 15.4 Å². The second-order valence-electron chi connectivity index (χ2n) is 5.33. The summed E-state index contributed by atoms with van der Waals surface area (Å²) >= 11 is 0.763. The van der Waals surface area contributed by atoms with Crippen molar-refractivity contribution in [1.82, 2.24) is 9.71 Å². The van der Waals surface area contributed by atoms with E-state index in [1.165, 1.54) is 6.42 Å². The Morgan fingerprint density at radius 1 is 1.33 bits per heavy atom. The molecule has 2 N–H and O–H groups in total. The number of hydrogen-bond donors (Lipinski definition) is 2. The lowest BCUT2D eigenvalue weighted by Crippen LogP contribution is -2.38. The summed E-state index contributed by atoms with van der Waals surface area (Å²) in [6.07, 6.45) is 4.46. The molecule has 0 aromatic carbocycles. The van der Waals surface area contributed by atoms with E-state index < -0.39 is 10.0 Å². The van der Waals surface area contributed by atoms with Gasteiger partial charge in [0.05, 0.1) is 0 Å². The molecule has 3 atom stereocenters. The van der Waals surface area contributed by atoms with Gasteiger partial charge < -0.3 is 4.98 Å². The SMILES string of the molecule is Cc1[nH]c(=O)sc1S(=O)(=O)NC1CC2CCC1C2. The van der Waals surface area contributed by atoms with Gasteiger partial charge in [0.1, 0.15) is 0 Å². The van der Waals surface area contributed by atoms with Gasteiger partial charge in [0, 0.05) is 11.7 Å². The highest BCUT2D eigenvalue weighted by molar-refractivity contribution is 7.91. The van der Waals surface area contributed by atoms with E-state index in [1.807, 2.05) is 0 Å². The average molecular weight is 288 g/mol. The number of hydrogen-bond acceptors (Lipinski definition) is 4. The zero-order valence-electron chi connectivity index (χ0n) is 10.1. The number of aryl methyl sites for hydroxylation is 1. The third-order valence-corrected chi connectivity index (χ3v) is 7.16. The van der Waals surface area contributed by atoms with Crippen LogP contribution in [0.5, 0.6) is 0 Å². The molecule has 7 heteroatoms. The van der Waals surface area contributed by atoms with Gasteiger partial charge in [-0.3, -0.25) is 4.79 Å². The van der Waals surface area contributed by atoms with Gasteiger partial charge in [-0.2, -0.15) is 0 Å². The second-order valence-corrected chi connectivity index (χ2v) is 8.22. The highest BCUT2D eigenvalue weighted by atomic mass is 32.2. The first-order valence-corrected chi connectivity index (χ1v) is 8.48. The van der Waals surface area contributed by atoms with E-state index >= 15 is 0 Å². The molecule has 1 aromatic heterocycles. The molecule has 3 rings (SSSR count). The Kier molecular flexibility index (Phi) is 2.87. The summed E-state index contributed by atoms with van der Waals surface area (Å²) in [5, 5.41) is 0. The van der Waals surface area contributed by atoms with Crippen molar-refractivity contribution in [2.24, 2.45) is 11.8 Å². The lowest BCUT2D eigenvalue weighted by atomic mass is 9.96. The summed E-state index contributed by atoms with van der Waals surface area (Å²) in [4.78, 5) is 13.4. The van der Waals surface area contributed by atoms with Crippen molar-refractivity contribution in [2.75, 3.05) is 0 Å². The number of sulfonamides is 1. The summed E-state index contributed by atoms with van der Waals surface area (Å²) in [5.41, 5.74) is 0.431. The van der Waals surface area contributed by atoms with Crippen LogP contribution in [0.1, 0.15) is 31.4 Å². The summed E-state index contributed by atoms with van der Waals surface area (Å²) in [5.74, 6) is 1.18. The number of thiazole rings is 1. The molecule has 18 heavy (non-hydrogen) atoms. The molecule has 2 aliphatic rings. The predicted octanol–water partition coefficient (Wildman–Crippen LogP) is 1.21. The Bertz CT molecular complexity index is 616. The average Bonchev–Trinajstić information content (AvgIpc) is 2.93. The Labute approximate surface area is 110 Å². The molecular formula is C11H16N2O3S2. The van der Waals surface area contributed by atoms with Gasteiger partial charge in [0.2, 0.25) is 0 Å². The lowest BCUT2D eigenvalue weighted by Gasteiger charge is -2.22. The molecule has 2 aliphatic carbocycles. The molecule has 5 nitrogen and oxygen atoms in total. The maximum atomic E-state index is 12.2. The Balaban J connectivity index is 1.83. The monoisotopic (exact) mass is 288 g/mol. The van der Waals surface area contributed by atoms with Crippen molar-refractivity contribution in [3.8, 4) is 0 Å². The molecule has 2 bridgehead atoms. The largest absolute Gasteiger partial charge is 0.315 e. The number of aromatic amines is 1. The van der Waals surface area contributed by atoms with Crippen LogP contribution in [-0.4, -0.2) is 19.4 Å². The maximum absolute atomic E-state index is 12.2. The van der Waals surface area contributed by atoms with Crippen LogP contribution in [0.3, 0.4) is 0 Å². The number of H-pyrrole nitrogens is 1. The van der Waals surface area contributed by atoms with E-state index in [9.17, 15) is 13.2 Å². The summed E-state index contributed by atoms with van der Waals surface area (Å²) < 4.78 is 27.4. The fourth-order valence-electron chi connectivity index (χ4n) is 3.29. The highest BCUT2D eigenvalue weighted by Crippen LogP contribution is 2.44. The molecule has 0 radical (unpaired) electrons. The molecular weight excluding hydrogens is 272 g/mol. The van der Waals surface area contributed by atoms with E-state index in [0.29, 0.717) is 17.5 Å². The maximum Gasteiger partial charge on any atom is 0.305 e. The summed E-state index contributed by atoms with van der Waals surface area (Å²) in [6.45, 7) is 1.62. The van der Waals surface area contributed by atoms with Crippen LogP contribution in [0.2, 0.25) is 0 Å². The normalized spacial score (nSPS) is 31.1. The van der Waals surface area contributed by atoms with Crippen molar-refractivity contribution in [2.45, 2.75) is 42.9 Å². The lowest BCUT2D eigenvalue weighted by molar-refractivity contribution is 0.390. The molecule has 2 saturated carbocycles. The Morgan fingerprint density at radius 2 is 2.11 bits per heavy atom. The number of aromatic nitrogens is 1. The molecule has 1 aromatic rings. The third-order valence-electron chi connectivity index (χ3n) is 4.07. The quantitative estimate of drug-likeness (QED) is 0.877. The van der Waals surface area contributed by atoms with E-state index in [-0.39, 0.29) is 15.1 Å². The van der Waals surface area contributed by atoms with Crippen molar-refractivity contribution < 1.29 is 8.42 Å². The highest BCUT2D eigenvalue weighted by Gasteiger charge is 2.41. The fraction of sp³-hybridized carbons (Fsp3) is 0.727. The predicted molar refractivity (Wildman–Crippen MR) is 69.2 cm³/mol. The second kappa shape index (κ2) is 4.18. The minimum atomic E-state index is -3.54. The van der Waals surface area contributed by atoms with Crippen LogP contribution in [0.25, 0.3) is 0 Å². The number of rotatable bonds is 3. The molecule has 0 spiro atoms. The van der Waals surface area contributed by atoms with E-state index in [1.54, 1.807) is 6.92 Å². The molecule has 3 unspecified atom stereocenters. The topological polar surface area (TPSA) is 79.0 Å². The van der Waals surface area contributed by atoms with Gasteiger partial charge >= 0.3 is 4.87 Å². The third kappa shape index (κ3) is 2.04. The van der Waals surface area contributed by atoms with E-state index in [2.05, 4.69) is 9.71 Å². The number of fused-ring (bicyclic) bond motifs is 2. The van der Waals surface area contributed by atoms with Crippen LogP contribution >= 0.6 is 11.3 Å². The zero-order valence-corrected chi connectivity index (χ0v) is 11.7. The van der Waals surface area contributed by atoms with Crippen LogP contribution < -0.4 is 9.60 Å². The molecule has 2 fully saturated rings. The van der Waals surface area contributed by atoms with Crippen molar-refractivity contribution in [1.29, 1.82) is 0 Å². The minimum Gasteiger partial charge on any atom is -0.315 e. The van der Waals surface area contributed by atoms with Gasteiger partial charge in [0.25, 0.3) is 10.0 Å². The van der Waals surface area contributed by atoms with Gasteiger partial charge in [0.15, 0.2) is 4.21 Å². The van der Waals surface area contributed by atoms with Crippen LogP contribution in [0.4, 0.5) is 0 Å². The van der Waals surface area contributed by atoms with Crippen molar-refractivity contribution in [3.63, 3.8) is 0 Å². The molecule has 100 valence electrons. The van der Waals surface area contributed by atoms with E-state index in [0.717, 1.165) is 30.6 Å². The van der Waals surface area contributed by atoms with Crippen LogP contribution in [0, 0.1) is 18.8 Å². The van der Waals surface area contributed by atoms with Crippen LogP contribution in [0.15, 0.2) is 9.00 Å². The van der Waals surface area contributed by atoms with Gasteiger partial charge in [-0.25, -0.2) is 13.1 Å². The molecule has 1 heterocycles. The summed E-state index contributed by atoms with van der Waals surface area (Å²) in [7, 11) is -3.54. The first-order chi connectivity index (χ1) is 8.45. The smallest absolute Gasteiger partial charge is 0.305 e. The van der Waals surface area contributed by atoms with E-state index in [4.69, 9.17) is 0 Å². The van der Waals surface area contributed by atoms with Crippen molar-refractivity contribution >= 4 is 21.4 Å². The first kappa shape index (κ1) is 12.4. The van der Waals surface area contributed by atoms with Gasteiger partial charge in [-0.15, -0.1) is 0 Å². The minimum absolute atomic E-state index is 0.0605. The molecule has 0 saturated heterocycles. The molecule has 0 amide bonds. The standard InChI is InChI=1S/C11H16N2O3S2/c1-6-10(17-11(14)12-6)18(15,16)13-9-5-7-2-3-8(9)4-7/h7-9,13H,2-5H2,1H3,(H,12,14). The zero-order chi connectivity index (χ0) is 12.9. The van der Waals surface area contributed by atoms with Gasteiger partial charge in [-0.1, -0.05) is 17.8 Å². The fourth-order valence-corrected chi connectivity index (χ4v) is 5.92. The Morgan fingerprint density at radius 3 is 2.61 bits per heavy atom. The molecule has 0 aliphatic heterocycles. The number of nitrogens with one attached hydrogen (secondary N) is 2. The first-order valence-electron chi connectivity index (χ1n) is 6.18. The summed E-state index contributed by atoms with van der Waals surface area (Å²) in [6, 6.07) is 0.0605. The Hall–Kier alpha value is -0.660. The van der Waals surface area contributed by atoms with Crippen LogP contribution in [-0.2, 0) is 10.0 Å². The van der Waals surface area contributed by atoms with Gasteiger partial charge in [-0.05, 0) is 38.0 Å².